The Morgan fingerprint density at radius 3 is 2.38 bits per heavy atom. The number of aromatic nitrogens is 3. The molecule has 21 heavy (non-hydrogen) atoms. The third-order valence-corrected chi connectivity index (χ3v) is 3.33. The van der Waals surface area contributed by atoms with Gasteiger partial charge in [-0.2, -0.15) is 0 Å². The number of aromatic carboxylic acids is 1. The highest BCUT2D eigenvalue weighted by Gasteiger charge is 2.29. The van der Waals surface area contributed by atoms with Gasteiger partial charge in [0.2, 0.25) is 11.8 Å². The van der Waals surface area contributed by atoms with Gasteiger partial charge in [-0.1, -0.05) is 19.1 Å². The summed E-state index contributed by atoms with van der Waals surface area (Å²) in [7, 11) is 0. The number of rotatable bonds is 6. The average Bonchev–Trinajstić information content (AvgIpc) is 2.92. The van der Waals surface area contributed by atoms with Crippen molar-refractivity contribution in [3.63, 3.8) is 0 Å². The molecule has 1 fully saturated rings. The predicted molar refractivity (Wildman–Crippen MR) is 71.5 cm³/mol. The number of hydrogen-bond donors (Lipinski definition) is 1. The average molecular weight is 294 g/mol. The van der Waals surface area contributed by atoms with Gasteiger partial charge >= 0.3 is 5.97 Å². The molecule has 2 amide bonds. The van der Waals surface area contributed by atoms with Crippen LogP contribution in [-0.4, -0.2) is 49.3 Å². The Labute approximate surface area is 121 Å². The summed E-state index contributed by atoms with van der Waals surface area (Å²) in [6, 6.07) is 0. The fraction of sp³-hybridized carbons (Fsp3) is 0.615. The largest absolute Gasteiger partial charge is 0.476 e. The number of likely N-dealkylation sites (tertiary alicyclic amines) is 1. The Kier molecular flexibility index (Phi) is 4.35. The molecule has 2 heterocycles. The zero-order valence-corrected chi connectivity index (χ0v) is 12.1. The lowest BCUT2D eigenvalue weighted by atomic mass is 10.1. The van der Waals surface area contributed by atoms with Crippen LogP contribution in [0.2, 0.25) is 0 Å². The molecule has 0 unspecified atom stereocenters. The number of carbonyl (C=O) groups is 3. The molecule has 0 aromatic carbocycles. The summed E-state index contributed by atoms with van der Waals surface area (Å²) in [5.41, 5.74) is 0.458. The van der Waals surface area contributed by atoms with Crippen LogP contribution in [0.1, 0.15) is 42.9 Å². The van der Waals surface area contributed by atoms with Gasteiger partial charge in [0.25, 0.3) is 0 Å². The predicted octanol–water partition coefficient (Wildman–Crippen LogP) is 0.324. The van der Waals surface area contributed by atoms with Gasteiger partial charge in [-0.15, -0.1) is 5.10 Å². The van der Waals surface area contributed by atoms with E-state index in [2.05, 4.69) is 10.3 Å². The lowest BCUT2D eigenvalue weighted by Crippen LogP contribution is -2.32. The van der Waals surface area contributed by atoms with Gasteiger partial charge in [0, 0.05) is 19.4 Å². The lowest BCUT2D eigenvalue weighted by Gasteiger charge is -2.15. The summed E-state index contributed by atoms with van der Waals surface area (Å²) in [5, 5.41) is 16.6. The number of amides is 2. The Morgan fingerprint density at radius 1 is 1.24 bits per heavy atom. The van der Waals surface area contributed by atoms with Crippen molar-refractivity contribution in [3.05, 3.63) is 11.4 Å². The molecule has 0 spiro atoms. The van der Waals surface area contributed by atoms with E-state index < -0.39 is 5.97 Å². The van der Waals surface area contributed by atoms with Gasteiger partial charge in [0.15, 0.2) is 5.69 Å². The smallest absolute Gasteiger partial charge is 0.358 e. The number of nitrogens with zero attached hydrogens (tertiary/aromatic N) is 4. The van der Waals surface area contributed by atoms with E-state index >= 15 is 0 Å². The summed E-state index contributed by atoms with van der Waals surface area (Å²) in [5.74, 6) is -1.26. The number of imide groups is 1. The molecule has 2 rings (SSSR count). The fourth-order valence-electron chi connectivity index (χ4n) is 2.33. The first kappa shape index (κ1) is 15.1. The molecular weight excluding hydrogens is 276 g/mol. The van der Waals surface area contributed by atoms with Gasteiger partial charge in [0.1, 0.15) is 0 Å². The SMILES string of the molecule is CC(C)Cc1c(C(=O)O)nnn1CCN1C(=O)CCC1=O. The topological polar surface area (TPSA) is 105 Å². The van der Waals surface area contributed by atoms with Gasteiger partial charge < -0.3 is 5.11 Å². The van der Waals surface area contributed by atoms with Crippen LogP contribution in [0.15, 0.2) is 0 Å². The van der Waals surface area contributed by atoms with E-state index in [0.29, 0.717) is 12.1 Å². The van der Waals surface area contributed by atoms with Crippen LogP contribution in [0.25, 0.3) is 0 Å². The van der Waals surface area contributed by atoms with Crippen molar-refractivity contribution < 1.29 is 19.5 Å². The number of carboxylic acids is 1. The van der Waals surface area contributed by atoms with E-state index in [9.17, 15) is 14.4 Å². The van der Waals surface area contributed by atoms with Crippen LogP contribution < -0.4 is 0 Å². The van der Waals surface area contributed by atoms with Gasteiger partial charge in [-0.25, -0.2) is 9.48 Å². The summed E-state index contributed by atoms with van der Waals surface area (Å²) in [6.07, 6.45) is 1.02. The van der Waals surface area contributed by atoms with E-state index in [1.54, 1.807) is 0 Å². The number of hydrogen-bond acceptors (Lipinski definition) is 5. The monoisotopic (exact) mass is 294 g/mol. The molecule has 0 bridgehead atoms. The first-order valence-electron chi connectivity index (χ1n) is 6.89. The minimum atomic E-state index is -1.12. The molecule has 1 aromatic heterocycles. The van der Waals surface area contributed by atoms with Crippen LogP contribution in [0.4, 0.5) is 0 Å². The molecule has 0 radical (unpaired) electrons. The molecule has 0 atom stereocenters. The zero-order valence-electron chi connectivity index (χ0n) is 12.1. The molecular formula is C13H18N4O4. The molecule has 8 nitrogen and oxygen atoms in total. The third kappa shape index (κ3) is 3.26. The minimum absolute atomic E-state index is 0.0669. The van der Waals surface area contributed by atoms with Crippen LogP contribution in [0.3, 0.4) is 0 Å². The van der Waals surface area contributed by atoms with Crippen LogP contribution in [-0.2, 0) is 22.6 Å². The van der Waals surface area contributed by atoms with Gasteiger partial charge in [-0.05, 0) is 12.3 Å². The molecule has 1 aliphatic rings. The van der Waals surface area contributed by atoms with Gasteiger partial charge in [-0.3, -0.25) is 14.5 Å². The number of carbonyl (C=O) groups excluding carboxylic acids is 2. The first-order chi connectivity index (χ1) is 9.90. The molecule has 1 saturated heterocycles. The van der Waals surface area contributed by atoms with Crippen molar-refractivity contribution in [1.82, 2.24) is 19.9 Å². The molecule has 1 aliphatic heterocycles. The van der Waals surface area contributed by atoms with E-state index in [1.165, 1.54) is 9.58 Å². The zero-order chi connectivity index (χ0) is 15.6. The molecule has 0 aliphatic carbocycles. The fourth-order valence-corrected chi connectivity index (χ4v) is 2.33. The Hall–Kier alpha value is -2.25. The summed E-state index contributed by atoms with van der Waals surface area (Å²) in [4.78, 5) is 35.4. The third-order valence-electron chi connectivity index (χ3n) is 3.33. The highest BCUT2D eigenvalue weighted by atomic mass is 16.4. The van der Waals surface area contributed by atoms with E-state index in [-0.39, 0.29) is 49.4 Å². The second-order valence-corrected chi connectivity index (χ2v) is 5.45. The van der Waals surface area contributed by atoms with Crippen molar-refractivity contribution in [3.8, 4) is 0 Å². The minimum Gasteiger partial charge on any atom is -0.476 e. The van der Waals surface area contributed by atoms with Crippen molar-refractivity contribution in [1.29, 1.82) is 0 Å². The standard InChI is InChI=1S/C13H18N4O4/c1-8(2)7-9-12(13(20)21)14-15-17(9)6-5-16-10(18)3-4-11(16)19/h8H,3-7H2,1-2H3,(H,20,21). The summed E-state index contributed by atoms with van der Waals surface area (Å²) in [6.45, 7) is 4.40. The van der Waals surface area contributed by atoms with Gasteiger partial charge in [0.05, 0.1) is 12.2 Å². The molecule has 1 N–H and O–H groups in total. The molecule has 114 valence electrons. The van der Waals surface area contributed by atoms with Crippen LogP contribution in [0, 0.1) is 5.92 Å². The second-order valence-electron chi connectivity index (χ2n) is 5.45. The van der Waals surface area contributed by atoms with Crippen molar-refractivity contribution in [2.75, 3.05) is 6.54 Å². The van der Waals surface area contributed by atoms with Crippen molar-refractivity contribution in [2.45, 2.75) is 39.7 Å². The van der Waals surface area contributed by atoms with E-state index in [0.717, 1.165) is 0 Å². The maximum absolute atomic E-state index is 11.5. The lowest BCUT2D eigenvalue weighted by molar-refractivity contribution is -0.138. The molecule has 1 aromatic rings. The second kappa shape index (κ2) is 6.02. The maximum Gasteiger partial charge on any atom is 0.358 e. The molecule has 8 heteroatoms. The Bertz CT molecular complexity index is 563. The van der Waals surface area contributed by atoms with Crippen LogP contribution >= 0.6 is 0 Å². The maximum atomic E-state index is 11.5. The van der Waals surface area contributed by atoms with Crippen molar-refractivity contribution in [2.24, 2.45) is 5.92 Å². The van der Waals surface area contributed by atoms with Crippen molar-refractivity contribution >= 4 is 17.8 Å². The van der Waals surface area contributed by atoms with Crippen LogP contribution in [0.5, 0.6) is 0 Å². The quantitative estimate of drug-likeness (QED) is 0.758. The highest BCUT2D eigenvalue weighted by molar-refractivity contribution is 6.01. The Balaban J connectivity index is 2.14. The van der Waals surface area contributed by atoms with E-state index in [4.69, 9.17) is 5.11 Å². The highest BCUT2D eigenvalue weighted by Crippen LogP contribution is 2.14. The Morgan fingerprint density at radius 2 is 1.86 bits per heavy atom. The first-order valence-corrected chi connectivity index (χ1v) is 6.89. The summed E-state index contributed by atoms with van der Waals surface area (Å²) >= 11 is 0. The van der Waals surface area contributed by atoms with E-state index in [1.807, 2.05) is 13.8 Å². The number of carboxylic acid groups (broad SMARTS) is 1. The summed E-state index contributed by atoms with van der Waals surface area (Å²) < 4.78 is 1.47. The molecule has 0 saturated carbocycles. The normalized spacial score (nSPS) is 15.3.